The van der Waals surface area contributed by atoms with E-state index < -0.39 is 0 Å². The number of anilines is 1. The number of morpholine rings is 1. The summed E-state index contributed by atoms with van der Waals surface area (Å²) in [4.78, 5) is 19.3. The number of benzene rings is 2. The van der Waals surface area contributed by atoms with Crippen LogP contribution >= 0.6 is 13.5 Å². The second kappa shape index (κ2) is 11.7. The first-order valence-corrected chi connectivity index (χ1v) is 11.2. The van der Waals surface area contributed by atoms with E-state index in [-0.39, 0.29) is 25.8 Å². The van der Waals surface area contributed by atoms with E-state index in [9.17, 15) is 10.1 Å². The van der Waals surface area contributed by atoms with E-state index in [0.29, 0.717) is 23.8 Å². The zero-order valence-corrected chi connectivity index (χ0v) is 20.5. The molecule has 1 N–H and O–H groups in total. The van der Waals surface area contributed by atoms with Crippen molar-refractivity contribution in [1.29, 1.82) is 5.26 Å². The van der Waals surface area contributed by atoms with Gasteiger partial charge in [-0.15, -0.1) is 0 Å². The van der Waals surface area contributed by atoms with Gasteiger partial charge in [0.25, 0.3) is 0 Å². The summed E-state index contributed by atoms with van der Waals surface area (Å²) in [5, 5.41) is 12.0. The maximum absolute atomic E-state index is 12.4. The van der Waals surface area contributed by atoms with Gasteiger partial charge < -0.3 is 15.0 Å². The number of amides is 1. The van der Waals surface area contributed by atoms with Crippen LogP contribution in [0.4, 0.5) is 5.69 Å². The topological polar surface area (TPSA) is 78.2 Å². The van der Waals surface area contributed by atoms with Gasteiger partial charge in [-0.1, -0.05) is 30.3 Å². The summed E-state index contributed by atoms with van der Waals surface area (Å²) in [6, 6.07) is 20.2. The Balaban J connectivity index is 0.00000324. The smallest absolute Gasteiger partial charge is 0.226 e. The highest BCUT2D eigenvalue weighted by Gasteiger charge is 2.19. The average molecular weight is 475 g/mol. The van der Waals surface area contributed by atoms with Crippen LogP contribution in [0.25, 0.3) is 11.1 Å². The Morgan fingerprint density at radius 2 is 2.06 bits per heavy atom. The van der Waals surface area contributed by atoms with Crippen molar-refractivity contribution in [2.45, 2.75) is 32.9 Å². The highest BCUT2D eigenvalue weighted by molar-refractivity contribution is 7.59. The average Bonchev–Trinajstić information content (AvgIpc) is 2.84. The van der Waals surface area contributed by atoms with Gasteiger partial charge in [0.1, 0.15) is 0 Å². The van der Waals surface area contributed by atoms with Crippen LogP contribution in [0.2, 0.25) is 0 Å². The Morgan fingerprint density at radius 3 is 2.76 bits per heavy atom. The van der Waals surface area contributed by atoms with Crippen molar-refractivity contribution in [2.24, 2.45) is 0 Å². The molecule has 0 aliphatic carbocycles. The number of rotatable bonds is 6. The quantitative estimate of drug-likeness (QED) is 0.581. The zero-order valence-electron chi connectivity index (χ0n) is 19.5. The largest absolute Gasteiger partial charge is 0.377 e. The van der Waals surface area contributed by atoms with Crippen molar-refractivity contribution in [3.05, 3.63) is 83.2 Å². The van der Waals surface area contributed by atoms with E-state index in [1.165, 1.54) is 11.3 Å². The summed E-state index contributed by atoms with van der Waals surface area (Å²) in [7, 11) is 0. The van der Waals surface area contributed by atoms with Gasteiger partial charge in [-0.05, 0) is 54.8 Å². The highest BCUT2D eigenvalue weighted by Crippen LogP contribution is 2.28. The van der Waals surface area contributed by atoms with Gasteiger partial charge in [-0.2, -0.15) is 18.8 Å². The molecule has 0 saturated carbocycles. The van der Waals surface area contributed by atoms with E-state index in [1.807, 2.05) is 36.5 Å². The molecule has 3 aromatic rings. The fourth-order valence-corrected chi connectivity index (χ4v) is 4.15. The Hall–Kier alpha value is -3.34. The predicted octanol–water partition coefficient (Wildman–Crippen LogP) is 4.13. The van der Waals surface area contributed by atoms with E-state index in [0.717, 1.165) is 36.4 Å². The number of aryl methyl sites for hydroxylation is 1. The lowest BCUT2D eigenvalue weighted by atomic mass is 10.00. The number of nitrogens with zero attached hydrogens (tertiary/aromatic N) is 3. The van der Waals surface area contributed by atoms with Crippen LogP contribution in [0.15, 0.2) is 60.8 Å². The molecule has 1 saturated heterocycles. The molecule has 34 heavy (non-hydrogen) atoms. The van der Waals surface area contributed by atoms with Crippen molar-refractivity contribution in [1.82, 2.24) is 10.3 Å². The minimum atomic E-state index is -0.122. The van der Waals surface area contributed by atoms with Crippen LogP contribution in [-0.4, -0.2) is 36.7 Å². The zero-order chi connectivity index (χ0) is 23.2. The third-order valence-corrected chi connectivity index (χ3v) is 6.00. The number of nitrogens with one attached hydrogen (secondary N) is 1. The Morgan fingerprint density at radius 1 is 1.24 bits per heavy atom. The number of ether oxygens (including phenoxy) is 1. The number of aromatic nitrogens is 1. The minimum absolute atomic E-state index is 0. The lowest BCUT2D eigenvalue weighted by Crippen LogP contribution is -2.43. The van der Waals surface area contributed by atoms with Crippen molar-refractivity contribution >= 4 is 25.1 Å². The van der Waals surface area contributed by atoms with E-state index in [2.05, 4.69) is 53.3 Å². The van der Waals surface area contributed by atoms with Crippen molar-refractivity contribution < 1.29 is 9.53 Å². The molecule has 4 rings (SSSR count). The summed E-state index contributed by atoms with van der Waals surface area (Å²) in [5.41, 5.74) is 6.66. The molecule has 0 unspecified atom stereocenters. The summed E-state index contributed by atoms with van der Waals surface area (Å²) in [5.74, 6) is -0.122. The Labute approximate surface area is 208 Å². The van der Waals surface area contributed by atoms with Crippen LogP contribution in [0.1, 0.15) is 29.3 Å². The van der Waals surface area contributed by atoms with Crippen LogP contribution in [0, 0.1) is 18.3 Å². The molecule has 7 heteroatoms. The fraction of sp³-hybridized carbons (Fsp3) is 0.296. The molecule has 0 bridgehead atoms. The van der Waals surface area contributed by atoms with Crippen molar-refractivity contribution in [3.63, 3.8) is 0 Å². The van der Waals surface area contributed by atoms with E-state index in [4.69, 9.17) is 4.74 Å². The third kappa shape index (κ3) is 5.96. The second-order valence-corrected chi connectivity index (χ2v) is 8.38. The standard InChI is InChI=1S/C27H28N4O2.H2S/c1-19-13-25(31-11-12-33-18-20(31)2)9-10-26(19)23-7-8-24(29-17-23)14-27(32)30-16-22-6-4-3-5-21(22)15-28;/h3-10,13,17,20H,11-12,14,16,18H2,1-2H3,(H,30,32);1H2/t20-;/m0./s1. The highest BCUT2D eigenvalue weighted by atomic mass is 32.1. The van der Waals surface area contributed by atoms with Crippen molar-refractivity contribution in [3.8, 4) is 17.2 Å². The molecule has 2 heterocycles. The maximum atomic E-state index is 12.4. The molecule has 6 nitrogen and oxygen atoms in total. The van der Waals surface area contributed by atoms with Gasteiger partial charge in [-0.3, -0.25) is 9.78 Å². The molecule has 1 amide bonds. The first-order valence-electron chi connectivity index (χ1n) is 11.2. The number of hydrogen-bond acceptors (Lipinski definition) is 5. The van der Waals surface area contributed by atoms with E-state index in [1.54, 1.807) is 6.07 Å². The lowest BCUT2D eigenvalue weighted by Gasteiger charge is -2.35. The molecule has 2 aromatic carbocycles. The minimum Gasteiger partial charge on any atom is -0.377 e. The van der Waals surface area contributed by atoms with Gasteiger partial charge in [0.2, 0.25) is 5.91 Å². The SMILES string of the molecule is Cc1cc(N2CCOC[C@@H]2C)ccc1-c1ccc(CC(=O)NCc2ccccc2C#N)nc1.S. The summed E-state index contributed by atoms with van der Waals surface area (Å²) < 4.78 is 5.55. The lowest BCUT2D eigenvalue weighted by molar-refractivity contribution is -0.120. The molecule has 1 fully saturated rings. The first-order chi connectivity index (χ1) is 16.0. The molecular weight excluding hydrogens is 444 g/mol. The molecular formula is C27H30N4O2S. The van der Waals surface area contributed by atoms with Gasteiger partial charge in [0.15, 0.2) is 0 Å². The maximum Gasteiger partial charge on any atom is 0.226 e. The molecule has 1 aromatic heterocycles. The van der Waals surface area contributed by atoms with Crippen LogP contribution in [0.5, 0.6) is 0 Å². The first kappa shape index (κ1) is 25.3. The predicted molar refractivity (Wildman–Crippen MR) is 139 cm³/mol. The fourth-order valence-electron chi connectivity index (χ4n) is 4.15. The molecule has 0 radical (unpaired) electrons. The monoisotopic (exact) mass is 474 g/mol. The summed E-state index contributed by atoms with van der Waals surface area (Å²) in [6.07, 6.45) is 2.02. The Bertz CT molecular complexity index is 1170. The molecule has 1 aliphatic heterocycles. The van der Waals surface area contributed by atoms with Crippen LogP contribution in [-0.2, 0) is 22.5 Å². The van der Waals surface area contributed by atoms with Gasteiger partial charge in [-0.25, -0.2) is 0 Å². The van der Waals surface area contributed by atoms with Crippen LogP contribution in [0.3, 0.4) is 0 Å². The van der Waals surface area contributed by atoms with Crippen molar-refractivity contribution in [2.75, 3.05) is 24.7 Å². The second-order valence-electron chi connectivity index (χ2n) is 8.38. The summed E-state index contributed by atoms with van der Waals surface area (Å²) in [6.45, 7) is 7.04. The number of pyridine rings is 1. The van der Waals surface area contributed by atoms with Gasteiger partial charge in [0.05, 0.1) is 31.3 Å². The molecule has 0 spiro atoms. The Kier molecular flexibility index (Phi) is 8.69. The molecule has 176 valence electrons. The number of carbonyl (C=O) groups excluding carboxylic acids is 1. The number of carbonyl (C=O) groups is 1. The molecule has 1 aliphatic rings. The summed E-state index contributed by atoms with van der Waals surface area (Å²) >= 11 is 0. The number of nitriles is 1. The third-order valence-electron chi connectivity index (χ3n) is 6.00. The van der Waals surface area contributed by atoms with Gasteiger partial charge >= 0.3 is 0 Å². The van der Waals surface area contributed by atoms with E-state index >= 15 is 0 Å². The number of hydrogen-bond donors (Lipinski definition) is 1. The normalized spacial score (nSPS) is 15.2. The molecule has 1 atom stereocenters. The van der Waals surface area contributed by atoms with Crippen LogP contribution < -0.4 is 10.2 Å². The van der Waals surface area contributed by atoms with Gasteiger partial charge in [0, 0.05) is 42.3 Å².